The molecule has 2 amide bonds. The number of nitrogens with zero attached hydrogens (tertiary/aromatic N) is 3. The highest BCUT2D eigenvalue weighted by Crippen LogP contribution is 2.48. The summed E-state index contributed by atoms with van der Waals surface area (Å²) >= 11 is 3.60. The maximum atomic E-state index is 13.8. The summed E-state index contributed by atoms with van der Waals surface area (Å²) in [6.45, 7) is 4.43. The van der Waals surface area contributed by atoms with E-state index in [9.17, 15) is 19.2 Å². The molecule has 2 aromatic heterocycles. The number of halogens is 1. The largest absolute Gasteiger partial charge is 0.465 e. The van der Waals surface area contributed by atoms with Gasteiger partial charge in [-0.15, -0.1) is 0 Å². The van der Waals surface area contributed by atoms with E-state index in [4.69, 9.17) is 4.74 Å². The third kappa shape index (κ3) is 3.02. The summed E-state index contributed by atoms with van der Waals surface area (Å²) in [5.74, 6) is -0.965. The molecule has 7 rings (SSSR count). The summed E-state index contributed by atoms with van der Waals surface area (Å²) in [6.07, 6.45) is 0.818. The molecule has 0 aliphatic carbocycles. The molecule has 0 N–H and O–H groups in total. The number of hydrogen-bond acceptors (Lipinski definition) is 5. The number of hydrogen-bond donors (Lipinski definition) is 0. The molecular weight excluding hydrogens is 550 g/mol. The van der Waals surface area contributed by atoms with Gasteiger partial charge < -0.3 is 13.9 Å². The van der Waals surface area contributed by atoms with Gasteiger partial charge in [0.1, 0.15) is 6.29 Å². The Labute approximate surface area is 224 Å². The second kappa shape index (κ2) is 8.01. The van der Waals surface area contributed by atoms with E-state index in [0.717, 1.165) is 59.9 Å². The fourth-order valence-electron chi connectivity index (χ4n) is 6.41. The molecular formula is C29H22BrN3O5. The number of carbonyl (C=O) groups is 4. The molecule has 0 saturated carbocycles. The monoisotopic (exact) mass is 571 g/mol. The number of imide groups is 1. The van der Waals surface area contributed by atoms with E-state index in [1.54, 1.807) is 6.07 Å². The zero-order valence-electron chi connectivity index (χ0n) is 20.7. The molecule has 2 aliphatic rings. The Morgan fingerprint density at radius 1 is 1.00 bits per heavy atom. The van der Waals surface area contributed by atoms with Crippen LogP contribution >= 0.6 is 15.9 Å². The second-order valence-corrected chi connectivity index (χ2v) is 11.1. The molecule has 0 bridgehead atoms. The van der Waals surface area contributed by atoms with Crippen molar-refractivity contribution in [2.75, 3.05) is 6.61 Å². The van der Waals surface area contributed by atoms with Crippen molar-refractivity contribution >= 4 is 83.6 Å². The van der Waals surface area contributed by atoms with Gasteiger partial charge >= 0.3 is 5.97 Å². The summed E-state index contributed by atoms with van der Waals surface area (Å²) in [4.78, 5) is 51.1. The minimum atomic E-state index is -0.328. The van der Waals surface area contributed by atoms with E-state index in [1.165, 1.54) is 18.7 Å². The van der Waals surface area contributed by atoms with Crippen molar-refractivity contribution in [3.63, 3.8) is 0 Å². The number of carbonyl (C=O) groups excluding carboxylic acids is 4. The number of rotatable bonds is 3. The van der Waals surface area contributed by atoms with E-state index in [1.807, 2.05) is 30.3 Å². The first-order valence-electron chi connectivity index (χ1n) is 12.4. The predicted octanol–water partition coefficient (Wildman–Crippen LogP) is 5.17. The van der Waals surface area contributed by atoms with Gasteiger partial charge in [0.2, 0.25) is 5.91 Å². The molecule has 0 saturated heterocycles. The molecule has 0 radical (unpaired) electrons. The zero-order valence-corrected chi connectivity index (χ0v) is 22.3. The fourth-order valence-corrected chi connectivity index (χ4v) is 6.77. The molecule has 4 heterocycles. The van der Waals surface area contributed by atoms with Crippen LogP contribution in [0.15, 0.2) is 40.9 Å². The molecule has 3 aromatic carbocycles. The molecule has 2 aliphatic heterocycles. The predicted molar refractivity (Wildman–Crippen MR) is 146 cm³/mol. The lowest BCUT2D eigenvalue weighted by molar-refractivity contribution is -0.142. The summed E-state index contributed by atoms with van der Waals surface area (Å²) in [5.41, 5.74) is 5.66. The lowest BCUT2D eigenvalue weighted by Crippen LogP contribution is -2.28. The minimum absolute atomic E-state index is 0.0300. The highest BCUT2D eigenvalue weighted by molar-refractivity contribution is 9.10. The van der Waals surface area contributed by atoms with Crippen molar-refractivity contribution in [1.82, 2.24) is 14.0 Å². The Morgan fingerprint density at radius 2 is 1.66 bits per heavy atom. The average Bonchev–Trinajstić information content (AvgIpc) is 3.45. The second-order valence-electron chi connectivity index (χ2n) is 10.2. The van der Waals surface area contributed by atoms with Crippen LogP contribution in [0, 0.1) is 5.92 Å². The first-order valence-corrected chi connectivity index (χ1v) is 13.2. The van der Waals surface area contributed by atoms with Crippen LogP contribution in [0.4, 0.5) is 0 Å². The van der Waals surface area contributed by atoms with Crippen LogP contribution in [0.25, 0.3) is 43.6 Å². The van der Waals surface area contributed by atoms with Gasteiger partial charge in [0.25, 0.3) is 5.91 Å². The van der Waals surface area contributed by atoms with Crippen LogP contribution in [-0.2, 0) is 34.0 Å². The van der Waals surface area contributed by atoms with E-state index in [-0.39, 0.29) is 36.9 Å². The van der Waals surface area contributed by atoms with Crippen molar-refractivity contribution in [3.8, 4) is 0 Å². The number of amides is 2. The summed E-state index contributed by atoms with van der Waals surface area (Å²) < 4.78 is 10.8. The minimum Gasteiger partial charge on any atom is -0.465 e. The third-order valence-electron chi connectivity index (χ3n) is 7.89. The topological polar surface area (TPSA) is 90.6 Å². The van der Waals surface area contributed by atoms with E-state index >= 15 is 0 Å². The van der Waals surface area contributed by atoms with Crippen LogP contribution in [0.3, 0.4) is 0 Å². The van der Waals surface area contributed by atoms with Crippen LogP contribution in [-0.4, -0.2) is 44.7 Å². The van der Waals surface area contributed by atoms with Crippen molar-refractivity contribution in [2.45, 2.75) is 33.5 Å². The Balaban J connectivity index is 1.71. The first kappa shape index (κ1) is 23.2. The first-order chi connectivity index (χ1) is 18.3. The number of aldehydes is 1. The van der Waals surface area contributed by atoms with Crippen molar-refractivity contribution in [1.29, 1.82) is 0 Å². The molecule has 9 heteroatoms. The molecule has 0 spiro atoms. The van der Waals surface area contributed by atoms with Gasteiger partial charge in [0, 0.05) is 75.5 Å². The van der Waals surface area contributed by atoms with Gasteiger partial charge in [-0.25, -0.2) is 0 Å². The molecule has 1 unspecified atom stereocenters. The molecule has 5 aromatic rings. The van der Waals surface area contributed by atoms with E-state index < -0.39 is 0 Å². The molecule has 8 nitrogen and oxygen atoms in total. The lowest BCUT2D eigenvalue weighted by atomic mass is 9.96. The summed E-state index contributed by atoms with van der Waals surface area (Å²) in [6, 6.07) is 11.6. The Bertz CT molecular complexity index is 1930. The van der Waals surface area contributed by atoms with Crippen molar-refractivity contribution in [3.05, 3.63) is 57.6 Å². The molecule has 0 fully saturated rings. The normalized spacial score (nSPS) is 16.7. The van der Waals surface area contributed by atoms with E-state index in [0.29, 0.717) is 24.2 Å². The highest BCUT2D eigenvalue weighted by Gasteiger charge is 2.39. The highest BCUT2D eigenvalue weighted by atomic mass is 79.9. The van der Waals surface area contributed by atoms with Gasteiger partial charge in [-0.3, -0.25) is 24.1 Å². The Morgan fingerprint density at radius 3 is 2.32 bits per heavy atom. The van der Waals surface area contributed by atoms with Gasteiger partial charge in [-0.1, -0.05) is 15.9 Å². The number of esters is 1. The quantitative estimate of drug-likeness (QED) is 0.220. The summed E-state index contributed by atoms with van der Waals surface area (Å²) in [5, 5.41) is 3.50. The summed E-state index contributed by atoms with van der Waals surface area (Å²) in [7, 11) is 0. The van der Waals surface area contributed by atoms with Gasteiger partial charge in [-0.2, -0.15) is 0 Å². The standard InChI is InChI=1S/C29H22BrN3O5/c1-14(35)31-11-21-24-19-7-16(12-34)3-5-22(19)32-9-17(13-38-15(2)36)10-33-23-6-4-18(30)8-20(23)25(26(21)29(31)37)28(33)27(24)32/h3-8,12,17H,9-11,13H2,1-2H3. The Kier molecular flexibility index (Phi) is 4.88. The van der Waals surface area contributed by atoms with Gasteiger partial charge in [-0.05, 0) is 42.0 Å². The van der Waals surface area contributed by atoms with Crippen molar-refractivity contribution < 1.29 is 23.9 Å². The molecule has 1 atom stereocenters. The zero-order chi connectivity index (χ0) is 26.5. The number of fused-ring (bicyclic) bond motifs is 9. The lowest BCUT2D eigenvalue weighted by Gasteiger charge is -2.18. The molecule has 190 valence electrons. The van der Waals surface area contributed by atoms with Gasteiger partial charge in [0.05, 0.1) is 29.7 Å². The SMILES string of the molecule is CC(=O)OCC1Cn2c3ccc(C=O)cc3c3c4c(c5c6cc(Br)ccc6n(c5c32)C1)C(=O)N(C(C)=O)C4. The van der Waals surface area contributed by atoms with E-state index in [2.05, 4.69) is 25.1 Å². The van der Waals surface area contributed by atoms with Gasteiger partial charge in [0.15, 0.2) is 0 Å². The number of ether oxygens (including phenoxy) is 1. The fraction of sp³-hybridized carbons (Fsp3) is 0.241. The third-order valence-corrected chi connectivity index (χ3v) is 8.38. The number of aromatic nitrogens is 2. The van der Waals surface area contributed by atoms with Crippen LogP contribution in [0.2, 0.25) is 0 Å². The molecule has 38 heavy (non-hydrogen) atoms. The maximum Gasteiger partial charge on any atom is 0.302 e. The van der Waals surface area contributed by atoms with Crippen LogP contribution in [0.5, 0.6) is 0 Å². The smallest absolute Gasteiger partial charge is 0.302 e. The van der Waals surface area contributed by atoms with Crippen molar-refractivity contribution in [2.24, 2.45) is 5.92 Å². The maximum absolute atomic E-state index is 13.8. The Hall–Kier alpha value is -3.98. The van der Waals surface area contributed by atoms with Crippen LogP contribution < -0.4 is 0 Å². The average molecular weight is 572 g/mol. The number of benzene rings is 3. The van der Waals surface area contributed by atoms with Crippen LogP contribution in [0.1, 0.15) is 40.1 Å².